The first-order valence-corrected chi connectivity index (χ1v) is 13.0. The van der Waals surface area contributed by atoms with Crippen LogP contribution >= 0.6 is 0 Å². The van der Waals surface area contributed by atoms with Crippen LogP contribution in [0.1, 0.15) is 108 Å². The van der Waals surface area contributed by atoms with Crippen LogP contribution in [0.2, 0.25) is 0 Å². The highest BCUT2D eigenvalue weighted by atomic mass is 16.5. The summed E-state index contributed by atoms with van der Waals surface area (Å²) in [5.74, 6) is 2.25. The third-order valence-corrected chi connectivity index (χ3v) is 7.07. The minimum atomic E-state index is 0.431. The monoisotopic (exact) mass is 431 g/mol. The summed E-state index contributed by atoms with van der Waals surface area (Å²) in [6, 6.07) is 17.0. The smallest absolute Gasteiger partial charge is 0.131 e. The Morgan fingerprint density at radius 1 is 0.844 bits per heavy atom. The van der Waals surface area contributed by atoms with Gasteiger partial charge in [0, 0.05) is 11.1 Å². The van der Waals surface area contributed by atoms with Crippen molar-refractivity contribution in [1.82, 2.24) is 0 Å². The highest BCUT2D eigenvalue weighted by molar-refractivity contribution is 5.74. The molecular formula is C30H41NO. The molecule has 0 heterocycles. The zero-order valence-electron chi connectivity index (χ0n) is 20.2. The lowest BCUT2D eigenvalue weighted by atomic mass is 9.75. The minimum absolute atomic E-state index is 0.431. The fourth-order valence-corrected chi connectivity index (χ4v) is 5.26. The number of ether oxygens (including phenoxy) is 1. The number of hydrogen-bond donors (Lipinski definition) is 0. The second-order valence-electron chi connectivity index (χ2n) is 9.50. The number of nitriles is 1. The Kier molecular flexibility index (Phi) is 10.1. The lowest BCUT2D eigenvalue weighted by Crippen LogP contribution is -2.16. The van der Waals surface area contributed by atoms with Crippen molar-refractivity contribution in [2.24, 2.45) is 5.92 Å². The zero-order valence-corrected chi connectivity index (χ0v) is 20.2. The molecule has 2 aromatic rings. The minimum Gasteiger partial charge on any atom is -0.493 e. The highest BCUT2D eigenvalue weighted by Crippen LogP contribution is 2.46. The van der Waals surface area contributed by atoms with Gasteiger partial charge < -0.3 is 4.74 Å². The van der Waals surface area contributed by atoms with E-state index in [0.717, 1.165) is 29.2 Å². The van der Waals surface area contributed by atoms with Crippen LogP contribution in [0, 0.1) is 17.2 Å². The number of rotatable bonds is 12. The van der Waals surface area contributed by atoms with Gasteiger partial charge in [0.1, 0.15) is 5.75 Å². The van der Waals surface area contributed by atoms with Crippen molar-refractivity contribution in [2.45, 2.75) is 96.8 Å². The van der Waals surface area contributed by atoms with E-state index in [9.17, 15) is 5.26 Å². The Hall–Kier alpha value is -2.27. The molecule has 2 nitrogen and oxygen atoms in total. The Morgan fingerprint density at radius 2 is 1.56 bits per heavy atom. The van der Waals surface area contributed by atoms with Gasteiger partial charge in [-0.3, -0.25) is 0 Å². The molecule has 1 saturated carbocycles. The third kappa shape index (κ3) is 6.61. The predicted molar refractivity (Wildman–Crippen MR) is 135 cm³/mol. The first kappa shape index (κ1) is 24.4. The van der Waals surface area contributed by atoms with Gasteiger partial charge in [0.15, 0.2) is 0 Å². The summed E-state index contributed by atoms with van der Waals surface area (Å²) in [5, 5.41) is 9.91. The number of unbranched alkanes of at least 4 members (excludes halogenated alkanes) is 5. The summed E-state index contributed by atoms with van der Waals surface area (Å²) in [6.07, 6.45) is 15.6. The molecule has 0 atom stereocenters. The summed E-state index contributed by atoms with van der Waals surface area (Å²) in [5.41, 5.74) is 4.26. The first-order chi connectivity index (χ1) is 15.8. The van der Waals surface area contributed by atoms with E-state index in [4.69, 9.17) is 4.74 Å². The van der Waals surface area contributed by atoms with Crippen molar-refractivity contribution in [3.8, 4) is 22.9 Å². The van der Waals surface area contributed by atoms with Gasteiger partial charge >= 0.3 is 0 Å². The molecule has 2 heteroatoms. The molecule has 0 saturated heterocycles. The molecule has 1 aliphatic carbocycles. The number of hydrogen-bond acceptors (Lipinski definition) is 2. The van der Waals surface area contributed by atoms with Crippen LogP contribution in [0.5, 0.6) is 5.75 Å². The van der Waals surface area contributed by atoms with Gasteiger partial charge in [-0.2, -0.15) is 5.26 Å². The fraction of sp³-hybridized carbons (Fsp3) is 0.567. The molecule has 0 N–H and O–H groups in total. The van der Waals surface area contributed by atoms with Gasteiger partial charge in [-0.1, -0.05) is 89.1 Å². The Bertz CT molecular complexity index is 843. The van der Waals surface area contributed by atoms with Gasteiger partial charge in [0.2, 0.25) is 0 Å². The number of nitrogens with zero attached hydrogens (tertiary/aromatic N) is 1. The van der Waals surface area contributed by atoms with E-state index in [1.165, 1.54) is 81.8 Å². The SMILES string of the molecule is CCCCCCCCC1CCC(c2c(C#N)ccc(-c3ccccc3)c2OCCC)CC1. The average molecular weight is 432 g/mol. The molecule has 1 aliphatic rings. The number of benzene rings is 2. The molecule has 0 amide bonds. The highest BCUT2D eigenvalue weighted by Gasteiger charge is 2.28. The molecule has 32 heavy (non-hydrogen) atoms. The van der Waals surface area contributed by atoms with Crippen molar-refractivity contribution in [1.29, 1.82) is 5.26 Å². The second-order valence-corrected chi connectivity index (χ2v) is 9.50. The molecule has 172 valence electrons. The molecule has 0 radical (unpaired) electrons. The maximum absolute atomic E-state index is 9.91. The summed E-state index contributed by atoms with van der Waals surface area (Å²) >= 11 is 0. The third-order valence-electron chi connectivity index (χ3n) is 7.07. The van der Waals surface area contributed by atoms with Crippen LogP contribution < -0.4 is 4.74 Å². The summed E-state index contributed by atoms with van der Waals surface area (Å²) in [4.78, 5) is 0. The summed E-state index contributed by atoms with van der Waals surface area (Å²) in [7, 11) is 0. The van der Waals surface area contributed by atoms with E-state index in [2.05, 4.69) is 50.2 Å². The van der Waals surface area contributed by atoms with Gasteiger partial charge in [-0.15, -0.1) is 0 Å². The largest absolute Gasteiger partial charge is 0.493 e. The van der Waals surface area contributed by atoms with Crippen molar-refractivity contribution in [2.75, 3.05) is 6.61 Å². The van der Waals surface area contributed by atoms with Crippen molar-refractivity contribution >= 4 is 0 Å². The van der Waals surface area contributed by atoms with E-state index >= 15 is 0 Å². The van der Waals surface area contributed by atoms with E-state index in [0.29, 0.717) is 12.5 Å². The lowest BCUT2D eigenvalue weighted by Gasteiger charge is -2.31. The fourth-order valence-electron chi connectivity index (χ4n) is 5.26. The Morgan fingerprint density at radius 3 is 2.25 bits per heavy atom. The van der Waals surface area contributed by atoms with Crippen LogP contribution in [-0.4, -0.2) is 6.61 Å². The molecule has 2 aromatic carbocycles. The maximum Gasteiger partial charge on any atom is 0.131 e. The molecule has 0 aromatic heterocycles. The maximum atomic E-state index is 9.91. The van der Waals surface area contributed by atoms with Crippen molar-refractivity contribution in [3.63, 3.8) is 0 Å². The Labute approximate surface area is 196 Å². The van der Waals surface area contributed by atoms with Crippen LogP contribution in [-0.2, 0) is 0 Å². The standard InChI is InChI=1S/C30H41NO/c1-3-5-6-7-8-10-13-24-16-18-26(19-17-24)29-27(23-31)20-21-28(30(29)32-22-4-2)25-14-11-9-12-15-25/h9,11-12,14-15,20-21,24,26H,3-8,10,13,16-19,22H2,1-2H3. The normalized spacial score (nSPS) is 18.3. The molecule has 3 rings (SSSR count). The predicted octanol–water partition coefficient (Wildman–Crippen LogP) is 9.04. The molecular weight excluding hydrogens is 390 g/mol. The zero-order chi connectivity index (χ0) is 22.6. The van der Waals surface area contributed by atoms with E-state index in [1.54, 1.807) is 0 Å². The second kappa shape index (κ2) is 13.3. The van der Waals surface area contributed by atoms with Gasteiger partial charge in [0.05, 0.1) is 18.2 Å². The molecule has 0 spiro atoms. The van der Waals surface area contributed by atoms with Crippen LogP contribution in [0.4, 0.5) is 0 Å². The molecule has 0 bridgehead atoms. The molecule has 0 aliphatic heterocycles. The van der Waals surface area contributed by atoms with Gasteiger partial charge in [-0.25, -0.2) is 0 Å². The van der Waals surface area contributed by atoms with Crippen LogP contribution in [0.25, 0.3) is 11.1 Å². The summed E-state index contributed by atoms with van der Waals surface area (Å²) < 4.78 is 6.35. The van der Waals surface area contributed by atoms with Crippen molar-refractivity contribution in [3.05, 3.63) is 53.6 Å². The summed E-state index contributed by atoms with van der Waals surface area (Å²) in [6.45, 7) is 5.11. The average Bonchev–Trinajstić information content (AvgIpc) is 2.85. The van der Waals surface area contributed by atoms with E-state index in [-0.39, 0.29) is 0 Å². The lowest BCUT2D eigenvalue weighted by molar-refractivity contribution is 0.284. The topological polar surface area (TPSA) is 33.0 Å². The van der Waals surface area contributed by atoms with Crippen LogP contribution in [0.15, 0.2) is 42.5 Å². The van der Waals surface area contributed by atoms with Gasteiger partial charge in [-0.05, 0) is 61.6 Å². The van der Waals surface area contributed by atoms with E-state index in [1.807, 2.05) is 12.1 Å². The first-order valence-electron chi connectivity index (χ1n) is 13.0. The molecule has 0 unspecified atom stereocenters. The van der Waals surface area contributed by atoms with Gasteiger partial charge in [0.25, 0.3) is 0 Å². The molecule has 1 fully saturated rings. The Balaban J connectivity index is 1.72. The van der Waals surface area contributed by atoms with E-state index < -0.39 is 0 Å². The van der Waals surface area contributed by atoms with Crippen LogP contribution in [0.3, 0.4) is 0 Å². The quantitative estimate of drug-likeness (QED) is 0.314. The van der Waals surface area contributed by atoms with Crippen molar-refractivity contribution < 1.29 is 4.74 Å².